The number of hydrogen-bond acceptors (Lipinski definition) is 4. The van der Waals surface area contributed by atoms with Gasteiger partial charge in [-0.15, -0.1) is 11.3 Å². The molecule has 1 N–H and O–H groups in total. The van der Waals surface area contributed by atoms with Crippen LogP contribution < -0.4 is 5.32 Å². The number of aryl methyl sites for hydroxylation is 1. The molecule has 2 aliphatic heterocycles. The fourth-order valence-corrected chi connectivity index (χ4v) is 4.48. The van der Waals surface area contributed by atoms with Crippen molar-refractivity contribution in [2.45, 2.75) is 44.8 Å². The smallest absolute Gasteiger partial charge is 0.194 e. The van der Waals surface area contributed by atoms with Crippen LogP contribution in [0.25, 0.3) is 4.96 Å². The van der Waals surface area contributed by atoms with Crippen molar-refractivity contribution in [3.05, 3.63) is 23.0 Å². The Bertz CT molecular complexity index is 587. The van der Waals surface area contributed by atoms with Crippen molar-refractivity contribution in [2.24, 2.45) is 0 Å². The summed E-state index contributed by atoms with van der Waals surface area (Å²) in [5, 5.41) is 5.89. The molecule has 2 aromatic heterocycles. The molecule has 2 atom stereocenters. The molecule has 0 bridgehead atoms. The van der Waals surface area contributed by atoms with E-state index in [1.54, 1.807) is 11.3 Å². The lowest BCUT2D eigenvalue weighted by molar-refractivity contribution is 0.298. The van der Waals surface area contributed by atoms with Crippen LogP contribution in [0, 0.1) is 6.92 Å². The number of fused-ring (bicyclic) bond motifs is 2. The number of nitrogens with one attached hydrogen (secondary N) is 1. The minimum atomic E-state index is 0.672. The zero-order valence-electron chi connectivity index (χ0n) is 11.3. The van der Waals surface area contributed by atoms with Gasteiger partial charge in [0, 0.05) is 36.8 Å². The van der Waals surface area contributed by atoms with E-state index >= 15 is 0 Å². The average molecular weight is 276 g/mol. The van der Waals surface area contributed by atoms with E-state index in [0.717, 1.165) is 17.5 Å². The summed E-state index contributed by atoms with van der Waals surface area (Å²) >= 11 is 1.71. The van der Waals surface area contributed by atoms with Gasteiger partial charge in [-0.25, -0.2) is 4.98 Å². The second kappa shape index (κ2) is 4.58. The predicted molar refractivity (Wildman–Crippen MR) is 77.6 cm³/mol. The third-order valence-corrected chi connectivity index (χ3v) is 5.46. The Morgan fingerprint density at radius 2 is 2.37 bits per heavy atom. The Labute approximate surface area is 117 Å². The van der Waals surface area contributed by atoms with Crippen molar-refractivity contribution in [3.63, 3.8) is 0 Å². The van der Waals surface area contributed by atoms with Crippen molar-refractivity contribution in [1.29, 1.82) is 0 Å². The van der Waals surface area contributed by atoms with Gasteiger partial charge in [0.15, 0.2) is 4.96 Å². The van der Waals surface area contributed by atoms with Crippen molar-refractivity contribution in [3.8, 4) is 0 Å². The van der Waals surface area contributed by atoms with Crippen molar-refractivity contribution in [2.75, 3.05) is 13.1 Å². The lowest BCUT2D eigenvalue weighted by Crippen LogP contribution is -2.39. The molecule has 4 heterocycles. The maximum Gasteiger partial charge on any atom is 0.194 e. The molecule has 102 valence electrons. The highest BCUT2D eigenvalue weighted by molar-refractivity contribution is 7.15. The molecular weight excluding hydrogens is 256 g/mol. The van der Waals surface area contributed by atoms with Gasteiger partial charge in [-0.05, 0) is 32.7 Å². The average Bonchev–Trinajstić information content (AvgIpc) is 3.08. The Balaban J connectivity index is 1.50. The van der Waals surface area contributed by atoms with Crippen LogP contribution >= 0.6 is 11.3 Å². The summed E-state index contributed by atoms with van der Waals surface area (Å²) in [4.78, 5) is 8.38. The number of aromatic nitrogens is 2. The molecule has 0 saturated carbocycles. The van der Waals surface area contributed by atoms with Crippen LogP contribution in [0.4, 0.5) is 0 Å². The van der Waals surface area contributed by atoms with Crippen molar-refractivity contribution < 1.29 is 0 Å². The Hall–Kier alpha value is -0.910. The minimum Gasteiger partial charge on any atom is -0.307 e. The fourth-order valence-electron chi connectivity index (χ4n) is 3.70. The molecule has 0 amide bonds. The summed E-state index contributed by atoms with van der Waals surface area (Å²) in [5.74, 6) is 0. The van der Waals surface area contributed by atoms with Crippen LogP contribution in [0.3, 0.4) is 0 Å². The number of thiazole rings is 1. The Kier molecular flexibility index (Phi) is 2.86. The van der Waals surface area contributed by atoms with Gasteiger partial charge in [0.05, 0.1) is 11.4 Å². The van der Waals surface area contributed by atoms with Crippen LogP contribution in [-0.4, -0.2) is 39.5 Å². The topological polar surface area (TPSA) is 32.6 Å². The van der Waals surface area contributed by atoms with E-state index in [4.69, 9.17) is 0 Å². The quantitative estimate of drug-likeness (QED) is 0.931. The van der Waals surface area contributed by atoms with Gasteiger partial charge in [-0.1, -0.05) is 0 Å². The third-order valence-electron chi connectivity index (χ3n) is 4.70. The van der Waals surface area contributed by atoms with Crippen LogP contribution in [0.1, 0.15) is 30.7 Å². The summed E-state index contributed by atoms with van der Waals surface area (Å²) in [6.45, 7) is 5.65. The molecule has 2 saturated heterocycles. The molecule has 2 unspecified atom stereocenters. The highest BCUT2D eigenvalue weighted by Gasteiger charge is 2.36. The molecule has 4 nitrogen and oxygen atoms in total. The number of hydrogen-bond donors (Lipinski definition) is 1. The standard InChI is InChI=1S/C14H20N4S/c1-10-13(18-7-8-19-14(18)16-10)9-15-11-4-6-17-5-2-3-12(11)17/h7-8,11-12,15H,2-6,9H2,1H3. The Morgan fingerprint density at radius 1 is 1.42 bits per heavy atom. The van der Waals surface area contributed by atoms with E-state index < -0.39 is 0 Å². The zero-order valence-corrected chi connectivity index (χ0v) is 12.1. The van der Waals surface area contributed by atoms with Crippen LogP contribution in [0.15, 0.2) is 11.6 Å². The lowest BCUT2D eigenvalue weighted by atomic mass is 10.1. The van der Waals surface area contributed by atoms with Crippen LogP contribution in [-0.2, 0) is 6.54 Å². The molecule has 2 aromatic rings. The molecule has 2 aliphatic rings. The minimum absolute atomic E-state index is 0.672. The van der Waals surface area contributed by atoms with Gasteiger partial charge in [-0.2, -0.15) is 0 Å². The summed E-state index contributed by atoms with van der Waals surface area (Å²) in [6, 6.07) is 1.46. The molecule has 0 radical (unpaired) electrons. The second-order valence-corrected chi connectivity index (χ2v) is 6.59. The van der Waals surface area contributed by atoms with E-state index in [0.29, 0.717) is 6.04 Å². The van der Waals surface area contributed by atoms with Crippen LogP contribution in [0.5, 0.6) is 0 Å². The molecule has 2 fully saturated rings. The number of nitrogens with zero attached hydrogens (tertiary/aromatic N) is 3. The monoisotopic (exact) mass is 276 g/mol. The molecule has 0 aromatic carbocycles. The first-order valence-corrected chi connectivity index (χ1v) is 8.09. The van der Waals surface area contributed by atoms with Crippen molar-refractivity contribution in [1.82, 2.24) is 19.6 Å². The van der Waals surface area contributed by atoms with E-state index in [1.807, 2.05) is 0 Å². The predicted octanol–water partition coefficient (Wildman–Crippen LogP) is 2.03. The SMILES string of the molecule is Cc1nc2sccn2c1CNC1CCN2CCCC12. The van der Waals surface area contributed by atoms with Gasteiger partial charge in [0.25, 0.3) is 0 Å². The molecule has 5 heteroatoms. The van der Waals surface area contributed by atoms with Gasteiger partial charge in [0.1, 0.15) is 0 Å². The third kappa shape index (κ3) is 1.91. The highest BCUT2D eigenvalue weighted by Crippen LogP contribution is 2.28. The van der Waals surface area contributed by atoms with Crippen molar-refractivity contribution >= 4 is 16.3 Å². The second-order valence-electron chi connectivity index (χ2n) is 5.72. The lowest BCUT2D eigenvalue weighted by Gasteiger charge is -2.21. The Morgan fingerprint density at radius 3 is 3.32 bits per heavy atom. The first-order valence-electron chi connectivity index (χ1n) is 7.21. The number of imidazole rings is 1. The number of rotatable bonds is 3. The van der Waals surface area contributed by atoms with Gasteiger partial charge >= 0.3 is 0 Å². The summed E-state index contributed by atoms with van der Waals surface area (Å²) in [7, 11) is 0. The van der Waals surface area contributed by atoms with Gasteiger partial charge in [0.2, 0.25) is 0 Å². The summed E-state index contributed by atoms with van der Waals surface area (Å²) in [5.41, 5.74) is 2.49. The maximum absolute atomic E-state index is 4.62. The largest absolute Gasteiger partial charge is 0.307 e. The van der Waals surface area contributed by atoms with E-state index in [9.17, 15) is 0 Å². The molecular formula is C14H20N4S. The van der Waals surface area contributed by atoms with E-state index in [1.165, 1.54) is 43.7 Å². The normalized spacial score (nSPS) is 27.4. The fraction of sp³-hybridized carbons (Fsp3) is 0.643. The molecule has 0 aliphatic carbocycles. The molecule has 0 spiro atoms. The first kappa shape index (κ1) is 11.9. The van der Waals surface area contributed by atoms with E-state index in [2.05, 4.69) is 38.1 Å². The maximum atomic E-state index is 4.62. The molecule has 4 rings (SSSR count). The summed E-state index contributed by atoms with van der Waals surface area (Å²) in [6.07, 6.45) is 6.18. The van der Waals surface area contributed by atoms with Gasteiger partial charge in [-0.3, -0.25) is 9.30 Å². The van der Waals surface area contributed by atoms with Gasteiger partial charge < -0.3 is 5.32 Å². The van der Waals surface area contributed by atoms with E-state index in [-0.39, 0.29) is 0 Å². The van der Waals surface area contributed by atoms with Crippen LogP contribution in [0.2, 0.25) is 0 Å². The molecule has 19 heavy (non-hydrogen) atoms. The zero-order chi connectivity index (χ0) is 12.8. The highest BCUT2D eigenvalue weighted by atomic mass is 32.1. The first-order chi connectivity index (χ1) is 9.33. The summed E-state index contributed by atoms with van der Waals surface area (Å²) < 4.78 is 2.23.